The van der Waals surface area contributed by atoms with E-state index in [9.17, 15) is 0 Å². The first-order chi connectivity index (χ1) is 16.6. The molecule has 0 bridgehead atoms. The molecule has 0 N–H and O–H groups in total. The van der Waals surface area contributed by atoms with Gasteiger partial charge in [0.1, 0.15) is 0 Å². The molecule has 3 nitrogen and oxygen atoms in total. The molecule has 0 amide bonds. The molecule has 0 unspecified atom stereocenters. The minimum atomic E-state index is 0.340. The van der Waals surface area contributed by atoms with Gasteiger partial charge in [0.05, 0.1) is 10.7 Å². The summed E-state index contributed by atoms with van der Waals surface area (Å²) < 4.78 is 0. The molecule has 2 aromatic rings. The topological polar surface area (TPSA) is 9.72 Å². The van der Waals surface area contributed by atoms with Crippen LogP contribution < -0.4 is 9.80 Å². The Balaban J connectivity index is 1.67. The predicted molar refractivity (Wildman–Crippen MR) is 155 cm³/mol. The predicted octanol–water partition coefficient (Wildman–Crippen LogP) is 7.60. The van der Waals surface area contributed by atoms with Crippen LogP contribution in [0.2, 0.25) is 5.02 Å². The van der Waals surface area contributed by atoms with Gasteiger partial charge in [-0.2, -0.15) is 0 Å². The van der Waals surface area contributed by atoms with Crippen LogP contribution in [0.15, 0.2) is 49.1 Å². The van der Waals surface area contributed by atoms with E-state index in [1.54, 1.807) is 0 Å². The first-order valence-corrected chi connectivity index (χ1v) is 13.7. The number of halogens is 1. The summed E-state index contributed by atoms with van der Waals surface area (Å²) in [4.78, 5) is 7.48. The van der Waals surface area contributed by atoms with E-state index < -0.39 is 0 Å². The average molecular weight is 496 g/mol. The molecule has 35 heavy (non-hydrogen) atoms. The molecular weight excluding hydrogens is 450 g/mol. The van der Waals surface area contributed by atoms with E-state index in [4.69, 9.17) is 11.6 Å². The van der Waals surface area contributed by atoms with Crippen molar-refractivity contribution in [2.75, 3.05) is 49.6 Å². The van der Waals surface area contributed by atoms with Gasteiger partial charge in [-0.3, -0.25) is 4.90 Å². The summed E-state index contributed by atoms with van der Waals surface area (Å²) in [5.74, 6) is 0.677. The number of nitrogens with zero attached hydrogens (tertiary/aromatic N) is 3. The number of hydrogen-bond acceptors (Lipinski definition) is 3. The van der Waals surface area contributed by atoms with Gasteiger partial charge in [0.15, 0.2) is 0 Å². The summed E-state index contributed by atoms with van der Waals surface area (Å²) in [5, 5.41) is 0.893. The van der Waals surface area contributed by atoms with Gasteiger partial charge in [0.2, 0.25) is 0 Å². The number of allylic oxidation sites excluding steroid dienone is 1. The fourth-order valence-corrected chi connectivity index (χ4v) is 4.92. The Bertz CT molecular complexity index is 973. The van der Waals surface area contributed by atoms with Gasteiger partial charge in [-0.25, -0.2) is 0 Å². The summed E-state index contributed by atoms with van der Waals surface area (Å²) in [5.41, 5.74) is 6.88. The van der Waals surface area contributed by atoms with Crippen LogP contribution in [0.3, 0.4) is 0 Å². The van der Waals surface area contributed by atoms with E-state index in [-0.39, 0.29) is 0 Å². The van der Waals surface area contributed by atoms with Gasteiger partial charge in [-0.05, 0) is 66.3 Å². The Morgan fingerprint density at radius 1 is 1.11 bits per heavy atom. The Hall–Kier alpha value is -1.97. The van der Waals surface area contributed by atoms with Crippen molar-refractivity contribution in [1.29, 1.82) is 0 Å². The van der Waals surface area contributed by atoms with E-state index in [1.807, 2.05) is 6.08 Å². The Morgan fingerprint density at radius 2 is 1.83 bits per heavy atom. The lowest BCUT2D eigenvalue weighted by molar-refractivity contribution is 0.232. The van der Waals surface area contributed by atoms with Crippen LogP contribution in [-0.2, 0) is 13.0 Å². The van der Waals surface area contributed by atoms with Crippen LogP contribution in [0.25, 0.3) is 0 Å². The molecule has 0 spiro atoms. The number of piperazine rings is 1. The lowest BCUT2D eigenvalue weighted by Crippen LogP contribution is -2.46. The van der Waals surface area contributed by atoms with Crippen LogP contribution in [0.1, 0.15) is 57.2 Å². The highest BCUT2D eigenvalue weighted by atomic mass is 35.5. The van der Waals surface area contributed by atoms with E-state index in [1.165, 1.54) is 28.9 Å². The van der Waals surface area contributed by atoms with Crippen LogP contribution in [0, 0.1) is 18.3 Å². The van der Waals surface area contributed by atoms with Gasteiger partial charge in [0, 0.05) is 52.0 Å². The Labute approximate surface area is 219 Å². The number of rotatable bonds is 11. The van der Waals surface area contributed by atoms with Crippen molar-refractivity contribution in [3.63, 3.8) is 0 Å². The largest absolute Gasteiger partial charge is 0.374 e. The van der Waals surface area contributed by atoms with Crippen molar-refractivity contribution in [1.82, 2.24) is 4.90 Å². The Kier molecular flexibility index (Phi) is 9.72. The van der Waals surface area contributed by atoms with Crippen molar-refractivity contribution in [2.24, 2.45) is 11.3 Å². The third-order valence-electron chi connectivity index (χ3n) is 8.12. The first-order valence-electron chi connectivity index (χ1n) is 13.3. The van der Waals surface area contributed by atoms with Crippen molar-refractivity contribution in [3.05, 3.63) is 70.8 Å². The minimum absolute atomic E-state index is 0.340. The first kappa shape index (κ1) is 27.6. The SMILES string of the molecule is C=CCCc1ccc(CN2CCN(c3cccc(C)c3Cl)CC2)cc1N(C)CCC(C)(C)C(C)C. The molecule has 0 aromatic heterocycles. The van der Waals surface area contributed by atoms with Gasteiger partial charge in [-0.15, -0.1) is 6.58 Å². The highest BCUT2D eigenvalue weighted by Gasteiger charge is 2.23. The van der Waals surface area contributed by atoms with Gasteiger partial charge >= 0.3 is 0 Å². The summed E-state index contributed by atoms with van der Waals surface area (Å²) in [6, 6.07) is 13.5. The third kappa shape index (κ3) is 7.27. The summed E-state index contributed by atoms with van der Waals surface area (Å²) in [6.07, 6.45) is 5.28. The maximum Gasteiger partial charge on any atom is 0.0668 e. The summed E-state index contributed by atoms with van der Waals surface area (Å²) in [7, 11) is 2.26. The molecule has 0 aliphatic carbocycles. The fraction of sp³-hybridized carbons (Fsp3) is 0.548. The lowest BCUT2D eigenvalue weighted by Gasteiger charge is -2.37. The Morgan fingerprint density at radius 3 is 2.49 bits per heavy atom. The highest BCUT2D eigenvalue weighted by molar-refractivity contribution is 6.34. The fourth-order valence-electron chi connectivity index (χ4n) is 4.68. The van der Waals surface area contributed by atoms with E-state index in [0.717, 1.165) is 62.7 Å². The van der Waals surface area contributed by atoms with E-state index in [0.29, 0.717) is 11.3 Å². The van der Waals surface area contributed by atoms with Crippen LogP contribution in [-0.4, -0.2) is 44.7 Å². The van der Waals surface area contributed by atoms with E-state index in [2.05, 4.69) is 99.3 Å². The van der Waals surface area contributed by atoms with Crippen LogP contribution in [0.5, 0.6) is 0 Å². The van der Waals surface area contributed by atoms with Gasteiger partial charge in [0.25, 0.3) is 0 Å². The zero-order chi connectivity index (χ0) is 25.6. The molecule has 0 atom stereocenters. The standard InChI is InChI=1S/C31H46ClN3/c1-8-9-12-27-15-14-26(22-29(27)33(7)17-16-31(5,6)24(2)3)23-34-18-20-35(21-19-34)28-13-10-11-25(4)30(28)32/h8,10-11,13-15,22,24H,1,9,12,16-21,23H2,2-7H3. The average Bonchev–Trinajstić information content (AvgIpc) is 2.84. The lowest BCUT2D eigenvalue weighted by atomic mass is 9.78. The van der Waals surface area contributed by atoms with Crippen LogP contribution in [0.4, 0.5) is 11.4 Å². The van der Waals surface area contributed by atoms with E-state index >= 15 is 0 Å². The molecule has 1 heterocycles. The summed E-state index contributed by atoms with van der Waals surface area (Å²) >= 11 is 6.60. The zero-order valence-corrected chi connectivity index (χ0v) is 23.7. The smallest absolute Gasteiger partial charge is 0.0668 e. The van der Waals surface area contributed by atoms with Crippen molar-refractivity contribution < 1.29 is 0 Å². The molecule has 4 heteroatoms. The van der Waals surface area contributed by atoms with Gasteiger partial charge in [-0.1, -0.05) is 69.6 Å². The second-order valence-electron chi connectivity index (χ2n) is 11.3. The maximum atomic E-state index is 6.60. The van der Waals surface area contributed by atoms with Crippen molar-refractivity contribution in [3.8, 4) is 0 Å². The molecule has 3 rings (SSSR count). The van der Waals surface area contributed by atoms with Gasteiger partial charge < -0.3 is 9.80 Å². The molecule has 0 radical (unpaired) electrons. The number of anilines is 2. The van der Waals surface area contributed by atoms with Crippen LogP contribution >= 0.6 is 11.6 Å². The number of hydrogen-bond donors (Lipinski definition) is 0. The molecule has 2 aromatic carbocycles. The highest BCUT2D eigenvalue weighted by Crippen LogP contribution is 2.32. The van der Waals surface area contributed by atoms with Crippen molar-refractivity contribution >= 4 is 23.0 Å². The number of benzene rings is 2. The molecule has 192 valence electrons. The second kappa shape index (κ2) is 12.3. The molecule has 1 saturated heterocycles. The summed E-state index contributed by atoms with van der Waals surface area (Å²) in [6.45, 7) is 21.7. The molecule has 1 aliphatic rings. The zero-order valence-electron chi connectivity index (χ0n) is 22.9. The minimum Gasteiger partial charge on any atom is -0.374 e. The monoisotopic (exact) mass is 495 g/mol. The molecule has 0 saturated carbocycles. The quantitative estimate of drug-likeness (QED) is 0.297. The second-order valence-corrected chi connectivity index (χ2v) is 11.7. The maximum absolute atomic E-state index is 6.60. The van der Waals surface area contributed by atoms with Crippen molar-refractivity contribution in [2.45, 2.75) is 60.4 Å². The molecule has 1 aliphatic heterocycles. The molecule has 1 fully saturated rings. The molecular formula is C31H46ClN3. The number of aryl methyl sites for hydroxylation is 2. The normalized spacial score (nSPS) is 15.0. The third-order valence-corrected chi connectivity index (χ3v) is 8.62.